The van der Waals surface area contributed by atoms with Gasteiger partial charge >= 0.3 is 0 Å². The van der Waals surface area contributed by atoms with Gasteiger partial charge in [0, 0.05) is 50.1 Å². The van der Waals surface area contributed by atoms with Crippen LogP contribution in [0.1, 0.15) is 34.8 Å². The third kappa shape index (κ3) is 6.73. The van der Waals surface area contributed by atoms with Crippen LogP contribution in [0.15, 0.2) is 96.2 Å². The van der Waals surface area contributed by atoms with Crippen molar-refractivity contribution in [1.82, 2.24) is 14.9 Å². The maximum atomic E-state index is 13.0. The van der Waals surface area contributed by atoms with Crippen LogP contribution in [0, 0.1) is 0 Å². The number of hydrogen-bond donors (Lipinski definition) is 0. The third-order valence-electron chi connectivity index (χ3n) is 5.86. The number of rotatable bonds is 10. The number of carbonyl (C=O) groups is 1. The molecule has 3 aromatic carbocycles. The molecule has 1 aromatic heterocycles. The summed E-state index contributed by atoms with van der Waals surface area (Å²) in [5.41, 5.74) is 4.85. The number of nitrogens with zero attached hydrogens (tertiary/aromatic N) is 4. The van der Waals surface area contributed by atoms with Crippen LogP contribution in [0.4, 0.5) is 5.82 Å². The Morgan fingerprint density at radius 2 is 1.53 bits per heavy atom. The molecule has 6 heteroatoms. The number of carbonyl (C=O) groups excluding carboxylic acids is 1. The molecule has 0 spiro atoms. The smallest absolute Gasteiger partial charge is 0.253 e. The van der Waals surface area contributed by atoms with Gasteiger partial charge < -0.3 is 9.80 Å². The van der Waals surface area contributed by atoms with Gasteiger partial charge in [0.25, 0.3) is 5.91 Å². The Morgan fingerprint density at radius 3 is 2.25 bits per heavy atom. The molecule has 0 aliphatic rings. The number of thioether (sulfide) groups is 1. The topological polar surface area (TPSA) is 49.3 Å². The maximum absolute atomic E-state index is 13.0. The molecule has 0 saturated heterocycles. The molecule has 0 N–H and O–H groups in total. The summed E-state index contributed by atoms with van der Waals surface area (Å²) in [7, 11) is 3.91. The van der Waals surface area contributed by atoms with E-state index >= 15 is 0 Å². The average Bonchev–Trinajstić information content (AvgIpc) is 2.92. The average molecular weight is 497 g/mol. The second kappa shape index (κ2) is 12.4. The molecular formula is C30H32N4OS. The predicted octanol–water partition coefficient (Wildman–Crippen LogP) is 6.55. The molecule has 0 atom stereocenters. The molecule has 0 unspecified atom stereocenters. The number of amides is 1. The summed E-state index contributed by atoms with van der Waals surface area (Å²) in [6, 6.07) is 30.1. The van der Waals surface area contributed by atoms with E-state index in [9.17, 15) is 4.79 Å². The summed E-state index contributed by atoms with van der Waals surface area (Å²) in [5.74, 6) is 1.61. The number of benzene rings is 3. The zero-order valence-corrected chi connectivity index (χ0v) is 21.9. The summed E-state index contributed by atoms with van der Waals surface area (Å²) in [4.78, 5) is 26.6. The quantitative estimate of drug-likeness (QED) is 0.184. The first-order valence-corrected chi connectivity index (χ1v) is 13.2. The van der Waals surface area contributed by atoms with Crippen LogP contribution >= 0.6 is 11.8 Å². The third-order valence-corrected chi connectivity index (χ3v) is 6.78. The van der Waals surface area contributed by atoms with Crippen molar-refractivity contribution in [2.45, 2.75) is 30.8 Å². The van der Waals surface area contributed by atoms with Crippen molar-refractivity contribution < 1.29 is 4.79 Å². The lowest BCUT2D eigenvalue weighted by atomic mass is 10.1. The van der Waals surface area contributed by atoms with Crippen molar-refractivity contribution in [3.63, 3.8) is 0 Å². The van der Waals surface area contributed by atoms with Gasteiger partial charge in [0.1, 0.15) is 5.82 Å². The molecule has 0 fully saturated rings. The fraction of sp³-hybridized carbons (Fsp3) is 0.233. The normalized spacial score (nSPS) is 10.8. The lowest BCUT2D eigenvalue weighted by Gasteiger charge is -2.19. The van der Waals surface area contributed by atoms with Gasteiger partial charge in [0.15, 0.2) is 5.16 Å². The standard InChI is InChI=1S/C30H32N4OS/c1-4-18-33(2)28-20-27(25-15-9-6-10-16-25)31-30(32-28)36-22-24-14-11-17-26(19-24)29(35)34(3)21-23-12-7-5-8-13-23/h5-17,19-20H,4,18,21-22H2,1-3H3. The Kier molecular flexibility index (Phi) is 8.74. The number of aromatic nitrogens is 2. The van der Waals surface area contributed by atoms with Gasteiger partial charge in [-0.2, -0.15) is 0 Å². The molecule has 4 aromatic rings. The molecule has 0 saturated carbocycles. The minimum atomic E-state index is 0.0107. The zero-order chi connectivity index (χ0) is 25.3. The van der Waals surface area contributed by atoms with E-state index in [-0.39, 0.29) is 5.91 Å². The van der Waals surface area contributed by atoms with E-state index in [1.807, 2.05) is 79.8 Å². The highest BCUT2D eigenvalue weighted by Crippen LogP contribution is 2.27. The first-order chi connectivity index (χ1) is 17.5. The van der Waals surface area contributed by atoms with Crippen LogP contribution in [0.5, 0.6) is 0 Å². The minimum Gasteiger partial charge on any atom is -0.360 e. The van der Waals surface area contributed by atoms with Gasteiger partial charge in [-0.15, -0.1) is 0 Å². The largest absolute Gasteiger partial charge is 0.360 e. The molecule has 0 aliphatic carbocycles. The summed E-state index contributed by atoms with van der Waals surface area (Å²) in [6.45, 7) is 3.67. The van der Waals surface area contributed by atoms with Crippen molar-refractivity contribution in [1.29, 1.82) is 0 Å². The molecule has 0 radical (unpaired) electrons. The van der Waals surface area contributed by atoms with Crippen molar-refractivity contribution in [3.8, 4) is 11.3 Å². The Bertz CT molecular complexity index is 1280. The predicted molar refractivity (Wildman–Crippen MR) is 149 cm³/mol. The van der Waals surface area contributed by atoms with E-state index in [4.69, 9.17) is 9.97 Å². The lowest BCUT2D eigenvalue weighted by molar-refractivity contribution is 0.0785. The lowest BCUT2D eigenvalue weighted by Crippen LogP contribution is -2.26. The summed E-state index contributed by atoms with van der Waals surface area (Å²) in [6.07, 6.45) is 1.04. The highest BCUT2D eigenvalue weighted by atomic mass is 32.2. The van der Waals surface area contributed by atoms with Gasteiger partial charge in [-0.1, -0.05) is 91.5 Å². The molecule has 0 aliphatic heterocycles. The van der Waals surface area contributed by atoms with Crippen LogP contribution < -0.4 is 4.90 Å². The van der Waals surface area contributed by atoms with Gasteiger partial charge in [-0.25, -0.2) is 9.97 Å². The second-order valence-electron chi connectivity index (χ2n) is 8.82. The van der Waals surface area contributed by atoms with E-state index < -0.39 is 0 Å². The summed E-state index contributed by atoms with van der Waals surface area (Å²) in [5, 5.41) is 0.729. The van der Waals surface area contributed by atoms with Crippen LogP contribution in [0.3, 0.4) is 0 Å². The first kappa shape index (κ1) is 25.5. The summed E-state index contributed by atoms with van der Waals surface area (Å²) >= 11 is 1.59. The highest BCUT2D eigenvalue weighted by molar-refractivity contribution is 7.98. The fourth-order valence-corrected chi connectivity index (χ4v) is 4.77. The van der Waals surface area contributed by atoms with Crippen LogP contribution in [-0.2, 0) is 12.3 Å². The van der Waals surface area contributed by atoms with Gasteiger partial charge in [0.05, 0.1) is 5.69 Å². The van der Waals surface area contributed by atoms with Crippen LogP contribution in [0.2, 0.25) is 0 Å². The number of hydrogen-bond acceptors (Lipinski definition) is 5. The minimum absolute atomic E-state index is 0.0107. The molecule has 1 heterocycles. The maximum Gasteiger partial charge on any atom is 0.253 e. The Labute approximate surface area is 218 Å². The van der Waals surface area contributed by atoms with Crippen molar-refractivity contribution in [2.75, 3.05) is 25.5 Å². The van der Waals surface area contributed by atoms with E-state index in [1.54, 1.807) is 16.7 Å². The second-order valence-corrected chi connectivity index (χ2v) is 9.76. The van der Waals surface area contributed by atoms with Gasteiger partial charge in [-0.3, -0.25) is 4.79 Å². The molecule has 184 valence electrons. The molecule has 0 bridgehead atoms. The summed E-state index contributed by atoms with van der Waals surface area (Å²) < 4.78 is 0. The van der Waals surface area contributed by atoms with E-state index in [0.717, 1.165) is 46.3 Å². The van der Waals surface area contributed by atoms with Gasteiger partial charge in [-0.05, 0) is 29.7 Å². The van der Waals surface area contributed by atoms with E-state index in [1.165, 1.54) is 0 Å². The first-order valence-electron chi connectivity index (χ1n) is 12.2. The number of anilines is 1. The Morgan fingerprint density at radius 1 is 0.833 bits per heavy atom. The zero-order valence-electron chi connectivity index (χ0n) is 21.1. The van der Waals surface area contributed by atoms with E-state index in [2.05, 4.69) is 37.1 Å². The van der Waals surface area contributed by atoms with Crippen molar-refractivity contribution in [3.05, 3.63) is 108 Å². The monoisotopic (exact) mass is 496 g/mol. The molecule has 4 rings (SSSR count). The Hall–Kier alpha value is -3.64. The van der Waals surface area contributed by atoms with Crippen molar-refractivity contribution in [2.24, 2.45) is 0 Å². The molecule has 5 nitrogen and oxygen atoms in total. The van der Waals surface area contributed by atoms with Gasteiger partial charge in [0.2, 0.25) is 0 Å². The molecule has 36 heavy (non-hydrogen) atoms. The Balaban J connectivity index is 1.50. The van der Waals surface area contributed by atoms with E-state index in [0.29, 0.717) is 17.9 Å². The molecular weight excluding hydrogens is 464 g/mol. The molecule has 1 amide bonds. The SMILES string of the molecule is CCCN(C)c1cc(-c2ccccc2)nc(SCc2cccc(C(=O)N(C)Cc3ccccc3)c2)n1. The highest BCUT2D eigenvalue weighted by Gasteiger charge is 2.14. The van der Waals surface area contributed by atoms with Crippen LogP contribution in [-0.4, -0.2) is 41.4 Å². The fourth-order valence-electron chi connectivity index (χ4n) is 3.97. The van der Waals surface area contributed by atoms with Crippen LogP contribution in [0.25, 0.3) is 11.3 Å². The van der Waals surface area contributed by atoms with Crippen molar-refractivity contribution >= 4 is 23.5 Å².